The highest BCUT2D eigenvalue weighted by atomic mass is 35.5. The number of hydrogen-bond donors (Lipinski definition) is 1. The number of aliphatic hydroxyl groups is 1. The third kappa shape index (κ3) is 5.18. The number of aliphatic hydroxyl groups excluding tert-OH is 1. The third-order valence-electron chi connectivity index (χ3n) is 7.35. The SMILES string of the molecule is CCCCCOc1cccc(C2/C(=C(/O)c3ccc4c(c3)CC(C)O4)C(=O)C(=O)N2c2nc3ccc(Cl)cc3s2)c1. The number of thiazole rings is 1. The summed E-state index contributed by atoms with van der Waals surface area (Å²) in [5, 5.41) is 12.5. The van der Waals surface area contributed by atoms with Gasteiger partial charge in [0.05, 0.1) is 28.4 Å². The number of Topliss-reactive ketones (excluding diaryl/α,β-unsaturated/α-hetero) is 1. The van der Waals surface area contributed by atoms with Gasteiger partial charge in [0.1, 0.15) is 23.4 Å². The number of halogens is 1. The molecule has 0 spiro atoms. The second-order valence-corrected chi connectivity index (χ2v) is 11.8. The zero-order valence-electron chi connectivity index (χ0n) is 22.7. The molecule has 3 aromatic carbocycles. The first kappa shape index (κ1) is 27.3. The fourth-order valence-electron chi connectivity index (χ4n) is 5.38. The topological polar surface area (TPSA) is 89.0 Å². The van der Waals surface area contributed by atoms with E-state index in [1.54, 1.807) is 30.3 Å². The number of carbonyl (C=O) groups excluding carboxylic acids is 2. The monoisotopic (exact) mass is 588 g/mol. The number of rotatable bonds is 8. The lowest BCUT2D eigenvalue weighted by Crippen LogP contribution is -2.29. The van der Waals surface area contributed by atoms with E-state index < -0.39 is 17.7 Å². The van der Waals surface area contributed by atoms with E-state index in [1.807, 2.05) is 37.3 Å². The number of fused-ring (bicyclic) bond motifs is 2. The van der Waals surface area contributed by atoms with E-state index in [1.165, 1.54) is 16.2 Å². The van der Waals surface area contributed by atoms with Gasteiger partial charge in [0.15, 0.2) is 5.13 Å². The molecule has 0 aliphatic carbocycles. The van der Waals surface area contributed by atoms with E-state index >= 15 is 0 Å². The van der Waals surface area contributed by atoms with Crippen molar-refractivity contribution in [2.24, 2.45) is 0 Å². The molecule has 2 aliphatic heterocycles. The number of ether oxygens (including phenoxy) is 2. The van der Waals surface area contributed by atoms with Gasteiger partial charge in [0.2, 0.25) is 0 Å². The average Bonchev–Trinajstić information content (AvgIpc) is 3.62. The van der Waals surface area contributed by atoms with E-state index in [9.17, 15) is 14.7 Å². The molecule has 2 atom stereocenters. The maximum Gasteiger partial charge on any atom is 0.301 e. The van der Waals surface area contributed by atoms with Crippen LogP contribution in [0.5, 0.6) is 11.5 Å². The molecule has 7 nitrogen and oxygen atoms in total. The number of ketones is 1. The molecule has 210 valence electrons. The van der Waals surface area contributed by atoms with Crippen molar-refractivity contribution >= 4 is 55.7 Å². The minimum Gasteiger partial charge on any atom is -0.507 e. The van der Waals surface area contributed by atoms with Gasteiger partial charge in [-0.15, -0.1) is 0 Å². The van der Waals surface area contributed by atoms with E-state index in [0.29, 0.717) is 45.6 Å². The van der Waals surface area contributed by atoms with Crippen LogP contribution in [0, 0.1) is 0 Å². The molecule has 6 rings (SSSR count). The molecule has 4 aromatic rings. The number of anilines is 1. The third-order valence-corrected chi connectivity index (χ3v) is 8.60. The van der Waals surface area contributed by atoms with Gasteiger partial charge in [-0.05, 0) is 73.0 Å². The van der Waals surface area contributed by atoms with Crippen LogP contribution in [-0.2, 0) is 16.0 Å². The summed E-state index contributed by atoms with van der Waals surface area (Å²) < 4.78 is 12.6. The Morgan fingerprint density at radius 3 is 2.83 bits per heavy atom. The number of hydrogen-bond acceptors (Lipinski definition) is 7. The minimum atomic E-state index is -0.909. The molecular weight excluding hydrogens is 560 g/mol. The predicted octanol–water partition coefficient (Wildman–Crippen LogP) is 7.47. The van der Waals surface area contributed by atoms with Gasteiger partial charge in [-0.1, -0.05) is 54.8 Å². The largest absolute Gasteiger partial charge is 0.507 e. The lowest BCUT2D eigenvalue weighted by molar-refractivity contribution is -0.132. The van der Waals surface area contributed by atoms with E-state index in [0.717, 1.165) is 35.3 Å². The van der Waals surface area contributed by atoms with Crippen LogP contribution in [0.15, 0.2) is 66.2 Å². The van der Waals surface area contributed by atoms with Gasteiger partial charge in [0, 0.05) is 17.0 Å². The number of aromatic nitrogens is 1. The molecule has 2 unspecified atom stereocenters. The first-order valence-electron chi connectivity index (χ1n) is 13.7. The normalized spacial score (nSPS) is 19.5. The Labute approximate surface area is 247 Å². The molecule has 2 aliphatic rings. The first-order valence-corrected chi connectivity index (χ1v) is 14.9. The molecule has 0 radical (unpaired) electrons. The summed E-state index contributed by atoms with van der Waals surface area (Å²) in [6.45, 7) is 4.67. The molecule has 9 heteroatoms. The Bertz CT molecular complexity index is 1700. The van der Waals surface area contributed by atoms with Gasteiger partial charge in [-0.2, -0.15) is 0 Å². The Hall–Kier alpha value is -3.88. The van der Waals surface area contributed by atoms with E-state index in [2.05, 4.69) is 11.9 Å². The molecule has 0 bridgehead atoms. The molecule has 1 fully saturated rings. The minimum absolute atomic E-state index is 0.00216. The van der Waals surface area contributed by atoms with Crippen LogP contribution in [0.1, 0.15) is 55.8 Å². The summed E-state index contributed by atoms with van der Waals surface area (Å²) in [6, 6.07) is 17.0. The van der Waals surface area contributed by atoms with Crippen LogP contribution in [0.3, 0.4) is 0 Å². The molecule has 0 saturated carbocycles. The Balaban J connectivity index is 1.47. The van der Waals surface area contributed by atoms with Crippen LogP contribution in [0.2, 0.25) is 5.02 Å². The smallest absolute Gasteiger partial charge is 0.301 e. The second-order valence-electron chi connectivity index (χ2n) is 10.4. The van der Waals surface area contributed by atoms with Crippen LogP contribution in [-0.4, -0.2) is 34.5 Å². The number of nitrogens with zero attached hydrogens (tertiary/aromatic N) is 2. The lowest BCUT2D eigenvalue weighted by atomic mass is 9.94. The number of benzene rings is 3. The van der Waals surface area contributed by atoms with E-state index in [4.69, 9.17) is 21.1 Å². The Morgan fingerprint density at radius 2 is 2.00 bits per heavy atom. The Morgan fingerprint density at radius 1 is 1.15 bits per heavy atom. The summed E-state index contributed by atoms with van der Waals surface area (Å²) in [5.74, 6) is -0.383. The zero-order valence-corrected chi connectivity index (χ0v) is 24.3. The average molecular weight is 589 g/mol. The predicted molar refractivity (Wildman–Crippen MR) is 161 cm³/mol. The standard InChI is InChI=1S/C32H29ClN2O5S/c1-3-4-5-13-39-23-8-6-7-19(16-23)28-27(29(36)20-9-12-25-21(15-20)14-18(2)40-25)30(37)31(38)35(28)32-34-24-11-10-22(33)17-26(24)41-32/h6-12,15-18,28,36H,3-5,13-14H2,1-2H3/b29-27-. The second kappa shape index (κ2) is 11.2. The van der Waals surface area contributed by atoms with Crippen LogP contribution >= 0.6 is 22.9 Å². The van der Waals surface area contributed by atoms with Crippen molar-refractivity contribution in [3.8, 4) is 11.5 Å². The number of unbranched alkanes of at least 4 members (excludes halogenated alkanes) is 2. The number of amides is 1. The first-order chi connectivity index (χ1) is 19.8. The van der Waals surface area contributed by atoms with Crippen molar-refractivity contribution in [2.75, 3.05) is 11.5 Å². The van der Waals surface area contributed by atoms with Gasteiger partial charge < -0.3 is 14.6 Å². The van der Waals surface area contributed by atoms with Gasteiger partial charge >= 0.3 is 5.91 Å². The van der Waals surface area contributed by atoms with Crippen molar-refractivity contribution in [1.29, 1.82) is 0 Å². The summed E-state index contributed by atoms with van der Waals surface area (Å²) in [4.78, 5) is 33.4. The fourth-order valence-corrected chi connectivity index (χ4v) is 6.64. The summed E-state index contributed by atoms with van der Waals surface area (Å²) in [7, 11) is 0. The maximum atomic E-state index is 13.7. The molecule has 1 aromatic heterocycles. The van der Waals surface area contributed by atoms with Gasteiger partial charge in [0.25, 0.3) is 5.78 Å². The highest BCUT2D eigenvalue weighted by Gasteiger charge is 2.48. The quantitative estimate of drug-likeness (QED) is 0.0994. The number of carbonyl (C=O) groups is 2. The Kier molecular flexibility index (Phi) is 7.45. The zero-order chi connectivity index (χ0) is 28.7. The fraction of sp³-hybridized carbons (Fsp3) is 0.281. The van der Waals surface area contributed by atoms with Crippen molar-refractivity contribution in [3.63, 3.8) is 0 Å². The molecule has 3 heterocycles. The molecular formula is C32H29ClN2O5S. The van der Waals surface area contributed by atoms with Crippen LogP contribution in [0.25, 0.3) is 16.0 Å². The van der Waals surface area contributed by atoms with Crippen molar-refractivity contribution in [1.82, 2.24) is 4.98 Å². The highest BCUT2D eigenvalue weighted by molar-refractivity contribution is 7.22. The summed E-state index contributed by atoms with van der Waals surface area (Å²) in [6.07, 6.45) is 3.79. The highest BCUT2D eigenvalue weighted by Crippen LogP contribution is 2.45. The summed E-state index contributed by atoms with van der Waals surface area (Å²) in [5.41, 5.74) is 2.69. The van der Waals surface area contributed by atoms with E-state index in [-0.39, 0.29) is 17.4 Å². The maximum absolute atomic E-state index is 13.7. The van der Waals surface area contributed by atoms with Crippen LogP contribution in [0.4, 0.5) is 5.13 Å². The van der Waals surface area contributed by atoms with Crippen molar-refractivity contribution < 1.29 is 24.2 Å². The molecule has 1 amide bonds. The van der Waals surface area contributed by atoms with Crippen molar-refractivity contribution in [2.45, 2.75) is 51.7 Å². The lowest BCUT2D eigenvalue weighted by Gasteiger charge is -2.23. The van der Waals surface area contributed by atoms with Gasteiger partial charge in [-0.25, -0.2) is 4.98 Å². The summed E-state index contributed by atoms with van der Waals surface area (Å²) >= 11 is 7.47. The van der Waals surface area contributed by atoms with Gasteiger partial charge in [-0.3, -0.25) is 14.5 Å². The molecule has 1 N–H and O–H groups in total. The molecule has 1 saturated heterocycles. The molecule has 41 heavy (non-hydrogen) atoms. The van der Waals surface area contributed by atoms with Crippen molar-refractivity contribution in [3.05, 3.63) is 87.9 Å². The van der Waals surface area contributed by atoms with Crippen LogP contribution < -0.4 is 14.4 Å².